The van der Waals surface area contributed by atoms with Gasteiger partial charge in [-0.1, -0.05) is 18.6 Å². The van der Waals surface area contributed by atoms with Gasteiger partial charge in [0.25, 0.3) is 5.69 Å². The van der Waals surface area contributed by atoms with Gasteiger partial charge in [-0.05, 0) is 37.8 Å². The number of carbonyl (C=O) groups is 1. The highest BCUT2D eigenvalue weighted by molar-refractivity contribution is 5.70. The van der Waals surface area contributed by atoms with E-state index in [2.05, 4.69) is 5.32 Å². The molecule has 3 unspecified atom stereocenters. The molecular formula is C15H20N2O4. The summed E-state index contributed by atoms with van der Waals surface area (Å²) in [5.41, 5.74) is 0.916. The van der Waals surface area contributed by atoms with E-state index in [0.717, 1.165) is 24.8 Å². The molecule has 0 saturated heterocycles. The van der Waals surface area contributed by atoms with Gasteiger partial charge >= 0.3 is 5.97 Å². The van der Waals surface area contributed by atoms with Gasteiger partial charge in [0.15, 0.2) is 0 Å². The minimum absolute atomic E-state index is 0.0417. The molecule has 1 aromatic rings. The third-order valence-corrected chi connectivity index (χ3v) is 4.24. The standard InChI is InChI=1S/C15H20N2O4/c1-10(11-4-2-6-13(8-11)17(20)21)16-9-12-5-3-7-14(12)15(18)19/h2,4,6,8,10,12,14,16H,3,5,7,9H2,1H3,(H,18,19). The summed E-state index contributed by atoms with van der Waals surface area (Å²) in [6, 6.07) is 6.49. The fraction of sp³-hybridized carbons (Fsp3) is 0.533. The molecule has 114 valence electrons. The number of carboxylic acids is 1. The highest BCUT2D eigenvalue weighted by Crippen LogP contribution is 2.32. The van der Waals surface area contributed by atoms with Crippen molar-refractivity contribution in [2.24, 2.45) is 11.8 Å². The van der Waals surface area contributed by atoms with E-state index in [4.69, 9.17) is 5.11 Å². The molecule has 1 aliphatic carbocycles. The SMILES string of the molecule is CC(NCC1CCCC1C(=O)O)c1cccc([N+](=O)[O-])c1. The number of hydrogen-bond donors (Lipinski definition) is 2. The molecule has 0 bridgehead atoms. The second-order valence-electron chi connectivity index (χ2n) is 5.62. The molecule has 6 heteroatoms. The van der Waals surface area contributed by atoms with E-state index in [0.29, 0.717) is 6.54 Å². The van der Waals surface area contributed by atoms with Crippen molar-refractivity contribution in [1.82, 2.24) is 5.32 Å². The van der Waals surface area contributed by atoms with E-state index in [-0.39, 0.29) is 23.6 Å². The van der Waals surface area contributed by atoms with Gasteiger partial charge in [0, 0.05) is 18.2 Å². The second kappa shape index (κ2) is 6.67. The number of aliphatic carboxylic acids is 1. The van der Waals surface area contributed by atoms with Gasteiger partial charge in [-0.15, -0.1) is 0 Å². The molecule has 6 nitrogen and oxygen atoms in total. The van der Waals surface area contributed by atoms with Crippen LogP contribution in [0.5, 0.6) is 0 Å². The van der Waals surface area contributed by atoms with Gasteiger partial charge in [0.05, 0.1) is 10.8 Å². The predicted octanol–water partition coefficient (Wildman–Crippen LogP) is 2.75. The van der Waals surface area contributed by atoms with Gasteiger partial charge in [0.2, 0.25) is 0 Å². The molecule has 0 spiro atoms. The highest BCUT2D eigenvalue weighted by Gasteiger charge is 2.32. The van der Waals surface area contributed by atoms with Crippen LogP contribution in [0.1, 0.15) is 37.8 Å². The molecule has 1 aliphatic rings. The maximum atomic E-state index is 11.1. The molecule has 0 radical (unpaired) electrons. The number of nitro benzene ring substituents is 1. The fourth-order valence-electron chi connectivity index (χ4n) is 2.96. The lowest BCUT2D eigenvalue weighted by Crippen LogP contribution is -2.30. The number of carboxylic acid groups (broad SMARTS) is 1. The summed E-state index contributed by atoms with van der Waals surface area (Å²) in [5.74, 6) is -0.847. The van der Waals surface area contributed by atoms with E-state index < -0.39 is 10.9 Å². The fourth-order valence-corrected chi connectivity index (χ4v) is 2.96. The number of non-ortho nitro benzene ring substituents is 1. The van der Waals surface area contributed by atoms with Crippen LogP contribution in [0.3, 0.4) is 0 Å². The molecule has 0 aromatic heterocycles. The van der Waals surface area contributed by atoms with Gasteiger partial charge in [-0.3, -0.25) is 14.9 Å². The number of hydrogen-bond acceptors (Lipinski definition) is 4. The van der Waals surface area contributed by atoms with Crippen LogP contribution in [0.15, 0.2) is 24.3 Å². The van der Waals surface area contributed by atoms with Crippen LogP contribution in [-0.4, -0.2) is 22.5 Å². The molecule has 0 heterocycles. The summed E-state index contributed by atoms with van der Waals surface area (Å²) >= 11 is 0. The maximum absolute atomic E-state index is 11.1. The third kappa shape index (κ3) is 3.78. The van der Waals surface area contributed by atoms with Crippen LogP contribution >= 0.6 is 0 Å². The Balaban J connectivity index is 1.95. The molecule has 0 amide bonds. The van der Waals surface area contributed by atoms with Crippen molar-refractivity contribution in [3.63, 3.8) is 0 Å². The third-order valence-electron chi connectivity index (χ3n) is 4.24. The molecular weight excluding hydrogens is 272 g/mol. The quantitative estimate of drug-likeness (QED) is 0.621. The summed E-state index contributed by atoms with van der Waals surface area (Å²) in [5, 5.41) is 23.2. The molecule has 2 rings (SSSR count). The molecule has 1 fully saturated rings. The van der Waals surface area contributed by atoms with E-state index in [9.17, 15) is 14.9 Å². The van der Waals surface area contributed by atoms with E-state index in [1.54, 1.807) is 12.1 Å². The zero-order chi connectivity index (χ0) is 15.4. The monoisotopic (exact) mass is 292 g/mol. The first-order valence-electron chi connectivity index (χ1n) is 7.19. The Kier molecular flexibility index (Phi) is 4.90. The first-order valence-corrected chi connectivity index (χ1v) is 7.19. The van der Waals surface area contributed by atoms with Crippen molar-refractivity contribution in [1.29, 1.82) is 0 Å². The zero-order valence-electron chi connectivity index (χ0n) is 12.0. The summed E-state index contributed by atoms with van der Waals surface area (Å²) in [6.45, 7) is 2.56. The Morgan fingerprint density at radius 3 is 2.95 bits per heavy atom. The van der Waals surface area contributed by atoms with Crippen LogP contribution in [0, 0.1) is 22.0 Å². The Bertz CT molecular complexity index is 532. The molecule has 3 atom stereocenters. The number of nitrogens with one attached hydrogen (secondary N) is 1. The number of nitro groups is 1. The lowest BCUT2D eigenvalue weighted by atomic mass is 9.95. The van der Waals surface area contributed by atoms with Gasteiger partial charge in [-0.25, -0.2) is 0 Å². The van der Waals surface area contributed by atoms with Crippen molar-refractivity contribution in [2.75, 3.05) is 6.54 Å². The topological polar surface area (TPSA) is 92.5 Å². The molecule has 1 saturated carbocycles. The largest absolute Gasteiger partial charge is 0.481 e. The molecule has 2 N–H and O–H groups in total. The average Bonchev–Trinajstić information content (AvgIpc) is 2.93. The van der Waals surface area contributed by atoms with E-state index in [1.165, 1.54) is 6.07 Å². The minimum Gasteiger partial charge on any atom is -0.481 e. The predicted molar refractivity (Wildman–Crippen MR) is 78.0 cm³/mol. The minimum atomic E-state index is -0.720. The smallest absolute Gasteiger partial charge is 0.306 e. The molecule has 1 aromatic carbocycles. The Labute approximate surface area is 123 Å². The van der Waals surface area contributed by atoms with Crippen LogP contribution in [0.4, 0.5) is 5.69 Å². The highest BCUT2D eigenvalue weighted by atomic mass is 16.6. The number of rotatable bonds is 6. The van der Waals surface area contributed by atoms with Crippen LogP contribution in [0.2, 0.25) is 0 Å². The van der Waals surface area contributed by atoms with Crippen molar-refractivity contribution in [2.45, 2.75) is 32.2 Å². The Morgan fingerprint density at radius 1 is 1.52 bits per heavy atom. The number of nitrogens with zero attached hydrogens (tertiary/aromatic N) is 1. The van der Waals surface area contributed by atoms with Crippen molar-refractivity contribution >= 4 is 11.7 Å². The first-order chi connectivity index (χ1) is 9.99. The van der Waals surface area contributed by atoms with Gasteiger partial charge < -0.3 is 10.4 Å². The van der Waals surface area contributed by atoms with Crippen LogP contribution < -0.4 is 5.32 Å². The number of benzene rings is 1. The zero-order valence-corrected chi connectivity index (χ0v) is 12.0. The van der Waals surface area contributed by atoms with Gasteiger partial charge in [0.1, 0.15) is 0 Å². The van der Waals surface area contributed by atoms with E-state index in [1.807, 2.05) is 13.0 Å². The lowest BCUT2D eigenvalue weighted by molar-refractivity contribution is -0.384. The average molecular weight is 292 g/mol. The normalized spacial score (nSPS) is 22.9. The second-order valence-corrected chi connectivity index (χ2v) is 5.62. The summed E-state index contributed by atoms with van der Waals surface area (Å²) in [6.07, 6.45) is 2.62. The van der Waals surface area contributed by atoms with Crippen molar-refractivity contribution < 1.29 is 14.8 Å². The first kappa shape index (κ1) is 15.4. The molecule has 0 aliphatic heterocycles. The van der Waals surface area contributed by atoms with Gasteiger partial charge in [-0.2, -0.15) is 0 Å². The molecule has 21 heavy (non-hydrogen) atoms. The van der Waals surface area contributed by atoms with E-state index >= 15 is 0 Å². The van der Waals surface area contributed by atoms with Crippen LogP contribution in [-0.2, 0) is 4.79 Å². The Hall–Kier alpha value is -1.95. The summed E-state index contributed by atoms with van der Waals surface area (Å²) in [4.78, 5) is 21.5. The van der Waals surface area contributed by atoms with Crippen molar-refractivity contribution in [3.8, 4) is 0 Å². The maximum Gasteiger partial charge on any atom is 0.306 e. The summed E-state index contributed by atoms with van der Waals surface area (Å²) in [7, 11) is 0. The lowest BCUT2D eigenvalue weighted by Gasteiger charge is -2.20. The summed E-state index contributed by atoms with van der Waals surface area (Å²) < 4.78 is 0. The Morgan fingerprint density at radius 2 is 2.29 bits per heavy atom. The van der Waals surface area contributed by atoms with Crippen molar-refractivity contribution in [3.05, 3.63) is 39.9 Å². The van der Waals surface area contributed by atoms with Crippen LogP contribution in [0.25, 0.3) is 0 Å².